The van der Waals surface area contributed by atoms with Gasteiger partial charge < -0.3 is 24.4 Å². The molecule has 176 valence electrons. The predicted octanol–water partition coefficient (Wildman–Crippen LogP) is 5.29. The molecule has 0 aliphatic rings. The van der Waals surface area contributed by atoms with Crippen LogP contribution in [0.5, 0.6) is 5.88 Å². The van der Waals surface area contributed by atoms with Crippen molar-refractivity contribution in [2.45, 2.75) is 13.0 Å². The molecule has 2 amide bonds. The van der Waals surface area contributed by atoms with Gasteiger partial charge in [0.25, 0.3) is 0 Å². The second-order valence-corrected chi connectivity index (χ2v) is 7.71. The van der Waals surface area contributed by atoms with Gasteiger partial charge in [-0.3, -0.25) is 0 Å². The molecule has 0 aliphatic heterocycles. The van der Waals surface area contributed by atoms with Crippen molar-refractivity contribution in [1.29, 1.82) is 0 Å². The minimum Gasteiger partial charge on any atom is -0.481 e. The summed E-state index contributed by atoms with van der Waals surface area (Å²) in [6.45, 7) is 3.42. The van der Waals surface area contributed by atoms with Crippen LogP contribution in [0.2, 0.25) is 5.02 Å². The van der Waals surface area contributed by atoms with Crippen LogP contribution in [-0.4, -0.2) is 56.5 Å². The van der Waals surface area contributed by atoms with Gasteiger partial charge in [-0.1, -0.05) is 29.8 Å². The molecule has 3 aromatic rings. The highest BCUT2D eigenvalue weighted by atomic mass is 35.5. The fourth-order valence-electron chi connectivity index (χ4n) is 3.50. The lowest BCUT2D eigenvalue weighted by Crippen LogP contribution is -2.39. The van der Waals surface area contributed by atoms with Gasteiger partial charge in [0.05, 0.1) is 38.0 Å². The summed E-state index contributed by atoms with van der Waals surface area (Å²) in [6.07, 6.45) is 1.71. The van der Waals surface area contributed by atoms with E-state index >= 15 is 0 Å². The lowest BCUT2D eigenvalue weighted by Gasteiger charge is -2.30. The number of halogens is 2. The van der Waals surface area contributed by atoms with Gasteiger partial charge in [0, 0.05) is 36.5 Å². The average molecular weight is 476 g/mol. The van der Waals surface area contributed by atoms with Crippen LogP contribution >= 0.6 is 11.6 Å². The summed E-state index contributed by atoms with van der Waals surface area (Å²) in [6, 6.07) is 11.0. The van der Waals surface area contributed by atoms with Crippen molar-refractivity contribution < 1.29 is 23.4 Å². The second-order valence-electron chi connectivity index (χ2n) is 7.30. The van der Waals surface area contributed by atoms with Gasteiger partial charge in [-0.05, 0) is 36.6 Å². The van der Waals surface area contributed by atoms with Gasteiger partial charge in [0.2, 0.25) is 5.88 Å². The number of methoxy groups -OCH3 is 2. The Morgan fingerprint density at radius 3 is 2.61 bits per heavy atom. The zero-order valence-corrected chi connectivity index (χ0v) is 19.6. The Morgan fingerprint density at radius 2 is 1.91 bits per heavy atom. The van der Waals surface area contributed by atoms with Crippen LogP contribution < -0.4 is 10.1 Å². The maximum Gasteiger partial charge on any atom is 0.322 e. The molecular formula is C24H27ClFN3O4. The molecule has 0 aliphatic carbocycles. The highest BCUT2D eigenvalue weighted by Gasteiger charge is 2.24. The Balaban J connectivity index is 1.88. The van der Waals surface area contributed by atoms with Crippen molar-refractivity contribution in [2.24, 2.45) is 0 Å². The Kier molecular flexibility index (Phi) is 8.82. The number of hydrogen-bond acceptors (Lipinski definition) is 5. The standard InChI is InChI=1S/C24H27ClFN3O4/c1-16(20-15-27-23(32-3)19-7-5-4-6-18(19)20)29(10-11-33-13-12-31-2)24(30)28-17-8-9-22(26)21(25)14-17/h4-9,14-16H,10-13H2,1-3H3,(H,28,30)/t16-/m0/s1. The van der Waals surface area contributed by atoms with E-state index in [1.807, 2.05) is 31.2 Å². The van der Waals surface area contributed by atoms with E-state index in [4.69, 9.17) is 25.8 Å². The predicted molar refractivity (Wildman–Crippen MR) is 127 cm³/mol. The molecule has 7 nitrogen and oxygen atoms in total. The number of carbonyl (C=O) groups excluding carboxylic acids is 1. The molecule has 1 atom stereocenters. The van der Waals surface area contributed by atoms with Crippen molar-refractivity contribution in [1.82, 2.24) is 9.88 Å². The van der Waals surface area contributed by atoms with E-state index in [9.17, 15) is 9.18 Å². The summed E-state index contributed by atoms with van der Waals surface area (Å²) >= 11 is 5.87. The minimum absolute atomic E-state index is 0.0688. The summed E-state index contributed by atoms with van der Waals surface area (Å²) in [4.78, 5) is 19.3. The Morgan fingerprint density at radius 1 is 1.15 bits per heavy atom. The van der Waals surface area contributed by atoms with Crippen molar-refractivity contribution in [2.75, 3.05) is 45.9 Å². The quantitative estimate of drug-likeness (QED) is 0.403. The summed E-state index contributed by atoms with van der Waals surface area (Å²) in [5, 5.41) is 4.51. The molecule has 0 fully saturated rings. The van der Waals surface area contributed by atoms with Crippen LogP contribution in [0.15, 0.2) is 48.7 Å². The smallest absolute Gasteiger partial charge is 0.322 e. The molecule has 0 bridgehead atoms. The summed E-state index contributed by atoms with van der Waals surface area (Å²) < 4.78 is 29.5. The first-order valence-corrected chi connectivity index (χ1v) is 10.8. The van der Waals surface area contributed by atoms with Gasteiger partial charge in [0.15, 0.2) is 0 Å². The van der Waals surface area contributed by atoms with Gasteiger partial charge in [0.1, 0.15) is 5.82 Å². The second kappa shape index (κ2) is 11.8. The number of urea groups is 1. The number of aromatic nitrogens is 1. The molecule has 33 heavy (non-hydrogen) atoms. The van der Waals surface area contributed by atoms with Crippen molar-refractivity contribution in [3.8, 4) is 5.88 Å². The number of anilines is 1. The van der Waals surface area contributed by atoms with Crippen molar-refractivity contribution in [3.05, 3.63) is 65.1 Å². The Bertz CT molecular complexity index is 1100. The zero-order valence-electron chi connectivity index (χ0n) is 18.8. The number of benzene rings is 2. The van der Waals surface area contributed by atoms with E-state index in [0.717, 1.165) is 16.3 Å². The molecule has 1 heterocycles. The highest BCUT2D eigenvalue weighted by molar-refractivity contribution is 6.31. The zero-order chi connectivity index (χ0) is 23.8. The maximum absolute atomic E-state index is 13.5. The van der Waals surface area contributed by atoms with Crippen molar-refractivity contribution >= 4 is 34.1 Å². The number of pyridine rings is 1. The number of amides is 2. The number of fused-ring (bicyclic) bond motifs is 1. The number of rotatable bonds is 10. The minimum atomic E-state index is -0.554. The SMILES string of the molecule is COCCOCCN(C(=O)Nc1ccc(F)c(Cl)c1)[C@@H](C)c1cnc(OC)c2ccccc12. The van der Waals surface area contributed by atoms with E-state index in [0.29, 0.717) is 37.9 Å². The third-order valence-electron chi connectivity index (χ3n) is 5.24. The van der Waals surface area contributed by atoms with Crippen molar-refractivity contribution in [3.63, 3.8) is 0 Å². The monoisotopic (exact) mass is 475 g/mol. The summed E-state index contributed by atoms with van der Waals surface area (Å²) in [5.41, 5.74) is 1.25. The third kappa shape index (κ3) is 6.10. The first-order valence-electron chi connectivity index (χ1n) is 10.5. The lowest BCUT2D eigenvalue weighted by atomic mass is 10.0. The first kappa shape index (κ1) is 24.7. The van der Waals surface area contributed by atoms with Crippen LogP contribution in [-0.2, 0) is 9.47 Å². The molecule has 0 spiro atoms. The molecular weight excluding hydrogens is 449 g/mol. The lowest BCUT2D eigenvalue weighted by molar-refractivity contribution is 0.0581. The average Bonchev–Trinajstić information content (AvgIpc) is 2.82. The van der Waals surface area contributed by atoms with E-state index in [1.165, 1.54) is 18.2 Å². The Hall–Kier alpha value is -2.94. The van der Waals surface area contributed by atoms with E-state index in [1.54, 1.807) is 25.3 Å². The number of nitrogens with one attached hydrogen (secondary N) is 1. The molecule has 1 N–H and O–H groups in total. The molecule has 0 radical (unpaired) electrons. The maximum atomic E-state index is 13.5. The normalized spacial score (nSPS) is 11.9. The van der Waals surface area contributed by atoms with Crippen LogP contribution in [0.4, 0.5) is 14.9 Å². The molecule has 3 rings (SSSR count). The number of nitrogens with zero attached hydrogens (tertiary/aromatic N) is 2. The molecule has 1 aromatic heterocycles. The van der Waals surface area contributed by atoms with Crippen LogP contribution in [0, 0.1) is 5.82 Å². The molecule has 9 heteroatoms. The fraction of sp³-hybridized carbons (Fsp3) is 0.333. The molecule has 0 unspecified atom stereocenters. The van der Waals surface area contributed by atoms with Crippen LogP contribution in [0.25, 0.3) is 10.8 Å². The Labute approximate surface area is 197 Å². The first-order chi connectivity index (χ1) is 16.0. The van der Waals surface area contributed by atoms with E-state index in [2.05, 4.69) is 10.3 Å². The third-order valence-corrected chi connectivity index (χ3v) is 5.53. The number of carbonyl (C=O) groups is 1. The van der Waals surface area contributed by atoms with Crippen LogP contribution in [0.3, 0.4) is 0 Å². The van der Waals surface area contributed by atoms with Gasteiger partial charge in [-0.15, -0.1) is 0 Å². The van der Waals surface area contributed by atoms with E-state index < -0.39 is 5.82 Å². The van der Waals surface area contributed by atoms with Gasteiger partial charge in [-0.2, -0.15) is 0 Å². The molecule has 0 saturated heterocycles. The number of ether oxygens (including phenoxy) is 3. The van der Waals surface area contributed by atoms with Gasteiger partial charge >= 0.3 is 6.03 Å². The number of hydrogen-bond donors (Lipinski definition) is 1. The molecule has 0 saturated carbocycles. The largest absolute Gasteiger partial charge is 0.481 e. The van der Waals surface area contributed by atoms with E-state index in [-0.39, 0.29) is 17.1 Å². The van der Waals surface area contributed by atoms with Crippen LogP contribution in [0.1, 0.15) is 18.5 Å². The topological polar surface area (TPSA) is 72.9 Å². The molecule has 2 aromatic carbocycles. The summed E-state index contributed by atoms with van der Waals surface area (Å²) in [5.74, 6) is -0.0383. The van der Waals surface area contributed by atoms with Gasteiger partial charge in [-0.25, -0.2) is 14.2 Å². The summed E-state index contributed by atoms with van der Waals surface area (Å²) in [7, 11) is 3.17. The fourth-order valence-corrected chi connectivity index (χ4v) is 3.68. The highest BCUT2D eigenvalue weighted by Crippen LogP contribution is 2.32.